The van der Waals surface area contributed by atoms with Gasteiger partial charge < -0.3 is 10.1 Å². The van der Waals surface area contributed by atoms with E-state index in [1.54, 1.807) is 14.0 Å². The monoisotopic (exact) mass is 239 g/mol. The van der Waals surface area contributed by atoms with Crippen molar-refractivity contribution in [1.29, 1.82) is 0 Å². The fourth-order valence-corrected chi connectivity index (χ4v) is 1.91. The molecule has 0 aromatic heterocycles. The maximum Gasteiger partial charge on any atom is 0.177 e. The summed E-state index contributed by atoms with van der Waals surface area (Å²) in [6.45, 7) is 3.77. The van der Waals surface area contributed by atoms with Gasteiger partial charge in [0.1, 0.15) is 11.6 Å². The molecular weight excluding hydrogens is 221 g/mol. The Kier molecular flexibility index (Phi) is 4.63. The van der Waals surface area contributed by atoms with Gasteiger partial charge in [-0.15, -0.1) is 0 Å². The highest BCUT2D eigenvalue weighted by Gasteiger charge is 2.19. The lowest BCUT2D eigenvalue weighted by Gasteiger charge is -2.15. The van der Waals surface area contributed by atoms with Gasteiger partial charge in [-0.1, -0.05) is 6.92 Å². The maximum atomic E-state index is 13.7. The first-order chi connectivity index (χ1) is 8.06. The highest BCUT2D eigenvalue weighted by Crippen LogP contribution is 2.29. The van der Waals surface area contributed by atoms with Gasteiger partial charge in [-0.3, -0.25) is 4.79 Å². The third-order valence-corrected chi connectivity index (χ3v) is 2.76. The molecule has 4 heteroatoms. The van der Waals surface area contributed by atoms with Crippen molar-refractivity contribution < 1.29 is 13.9 Å². The number of likely N-dealkylation sites (N-methyl/N-ethyl adjacent to an activating group) is 1. The summed E-state index contributed by atoms with van der Waals surface area (Å²) in [6.07, 6.45) is 0.634. The average molecular weight is 239 g/mol. The average Bonchev–Trinajstić information content (AvgIpc) is 2.32. The van der Waals surface area contributed by atoms with E-state index in [0.29, 0.717) is 23.3 Å². The summed E-state index contributed by atoms with van der Waals surface area (Å²) in [5, 5.41) is 2.78. The van der Waals surface area contributed by atoms with Gasteiger partial charge in [0, 0.05) is 16.7 Å². The minimum Gasteiger partial charge on any atom is -0.496 e. The molecule has 0 aliphatic carbocycles. The van der Waals surface area contributed by atoms with Gasteiger partial charge in [0.15, 0.2) is 5.78 Å². The Morgan fingerprint density at radius 3 is 2.65 bits per heavy atom. The number of carbonyl (C=O) groups excluding carboxylic acids is 1. The van der Waals surface area contributed by atoms with Crippen molar-refractivity contribution in [3.63, 3.8) is 0 Å². The summed E-state index contributed by atoms with van der Waals surface area (Å²) in [5.41, 5.74) is 1.62. The Labute approximate surface area is 101 Å². The molecule has 0 fully saturated rings. The number of benzene rings is 1. The van der Waals surface area contributed by atoms with Crippen LogP contribution >= 0.6 is 0 Å². The third kappa shape index (κ3) is 2.64. The molecule has 1 N–H and O–H groups in total. The zero-order chi connectivity index (χ0) is 13.0. The number of hydrogen-bond donors (Lipinski definition) is 1. The molecule has 0 heterocycles. The molecule has 0 radical (unpaired) electrons. The van der Waals surface area contributed by atoms with Crippen LogP contribution in [-0.4, -0.2) is 26.5 Å². The van der Waals surface area contributed by atoms with Crippen LogP contribution in [0.25, 0.3) is 0 Å². The molecule has 0 bridgehead atoms. The molecule has 0 aliphatic rings. The Bertz CT molecular complexity index is 430. The molecule has 1 aromatic rings. The number of hydrogen-bond acceptors (Lipinski definition) is 3. The molecule has 0 amide bonds. The molecule has 1 aromatic carbocycles. The molecule has 17 heavy (non-hydrogen) atoms. The van der Waals surface area contributed by atoms with Crippen molar-refractivity contribution in [3.8, 4) is 5.75 Å². The number of ether oxygens (including phenoxy) is 1. The van der Waals surface area contributed by atoms with Crippen LogP contribution in [0.2, 0.25) is 0 Å². The van der Waals surface area contributed by atoms with Gasteiger partial charge in [-0.05, 0) is 26.5 Å². The molecule has 0 saturated carbocycles. The first-order valence-corrected chi connectivity index (χ1v) is 5.60. The van der Waals surface area contributed by atoms with Crippen molar-refractivity contribution >= 4 is 5.78 Å². The lowest BCUT2D eigenvalue weighted by Crippen LogP contribution is -2.20. The smallest absolute Gasteiger partial charge is 0.177 e. The normalized spacial score (nSPS) is 10.4. The molecular formula is C13H18FNO2. The van der Waals surface area contributed by atoms with Gasteiger partial charge in [0.25, 0.3) is 0 Å². The zero-order valence-corrected chi connectivity index (χ0v) is 10.7. The largest absolute Gasteiger partial charge is 0.496 e. The SMILES string of the molecule is CCc1c(C(=O)CNC)cc(F)c(C)c1OC. The Balaban J connectivity index is 3.39. The van der Waals surface area contributed by atoms with E-state index in [-0.39, 0.29) is 12.3 Å². The highest BCUT2D eigenvalue weighted by atomic mass is 19.1. The fraction of sp³-hybridized carbons (Fsp3) is 0.462. The van der Waals surface area contributed by atoms with Crippen LogP contribution in [0.15, 0.2) is 6.07 Å². The second kappa shape index (κ2) is 5.77. The van der Waals surface area contributed by atoms with E-state index in [1.165, 1.54) is 13.2 Å². The molecule has 1 rings (SSSR count). The van der Waals surface area contributed by atoms with E-state index >= 15 is 0 Å². The first-order valence-electron chi connectivity index (χ1n) is 5.60. The van der Waals surface area contributed by atoms with E-state index in [4.69, 9.17) is 4.74 Å². The lowest BCUT2D eigenvalue weighted by atomic mass is 9.97. The van der Waals surface area contributed by atoms with Gasteiger partial charge in [-0.2, -0.15) is 0 Å². The number of rotatable bonds is 5. The highest BCUT2D eigenvalue weighted by molar-refractivity contribution is 5.99. The summed E-state index contributed by atoms with van der Waals surface area (Å²) in [7, 11) is 3.18. The molecule has 0 aliphatic heterocycles. The quantitative estimate of drug-likeness (QED) is 0.800. The van der Waals surface area contributed by atoms with Crippen LogP contribution in [-0.2, 0) is 6.42 Å². The third-order valence-electron chi connectivity index (χ3n) is 2.76. The van der Waals surface area contributed by atoms with Crippen LogP contribution in [0.3, 0.4) is 0 Å². The first kappa shape index (κ1) is 13.6. The van der Waals surface area contributed by atoms with Gasteiger partial charge in [-0.25, -0.2) is 4.39 Å². The molecule has 3 nitrogen and oxygen atoms in total. The topological polar surface area (TPSA) is 38.3 Å². The van der Waals surface area contributed by atoms with E-state index in [2.05, 4.69) is 5.32 Å². The van der Waals surface area contributed by atoms with Crippen LogP contribution in [0.1, 0.15) is 28.4 Å². The van der Waals surface area contributed by atoms with Gasteiger partial charge in [0.2, 0.25) is 0 Å². The zero-order valence-electron chi connectivity index (χ0n) is 10.7. The fourth-order valence-electron chi connectivity index (χ4n) is 1.91. The number of halogens is 1. The summed E-state index contributed by atoms with van der Waals surface area (Å²) < 4.78 is 18.9. The van der Waals surface area contributed by atoms with Crippen molar-refractivity contribution in [1.82, 2.24) is 5.32 Å². The van der Waals surface area contributed by atoms with Gasteiger partial charge >= 0.3 is 0 Å². The van der Waals surface area contributed by atoms with Crippen molar-refractivity contribution in [3.05, 3.63) is 28.6 Å². The Morgan fingerprint density at radius 2 is 2.18 bits per heavy atom. The maximum absolute atomic E-state index is 13.7. The minimum absolute atomic E-state index is 0.124. The van der Waals surface area contributed by atoms with Crippen LogP contribution in [0.4, 0.5) is 4.39 Å². The molecule has 0 atom stereocenters. The summed E-state index contributed by atoms with van der Waals surface area (Å²) in [5.74, 6) is -0.0491. The summed E-state index contributed by atoms with van der Waals surface area (Å²) >= 11 is 0. The predicted molar refractivity (Wildman–Crippen MR) is 65.3 cm³/mol. The molecule has 0 saturated heterocycles. The lowest BCUT2D eigenvalue weighted by molar-refractivity contribution is 0.0992. The Hall–Kier alpha value is -1.42. The van der Waals surface area contributed by atoms with Gasteiger partial charge in [0.05, 0.1) is 13.7 Å². The minimum atomic E-state index is -0.404. The number of Topliss-reactive ketones (excluding diaryl/α,β-unsaturated/α-hetero) is 1. The molecule has 0 spiro atoms. The van der Waals surface area contributed by atoms with Crippen molar-refractivity contribution in [2.75, 3.05) is 20.7 Å². The van der Waals surface area contributed by atoms with Crippen LogP contribution < -0.4 is 10.1 Å². The van der Waals surface area contributed by atoms with E-state index < -0.39 is 5.82 Å². The summed E-state index contributed by atoms with van der Waals surface area (Å²) in [6, 6.07) is 1.30. The number of methoxy groups -OCH3 is 1. The predicted octanol–water partition coefficient (Wildman–Crippen LogP) is 2.11. The Morgan fingerprint density at radius 1 is 1.53 bits per heavy atom. The van der Waals surface area contributed by atoms with E-state index in [9.17, 15) is 9.18 Å². The van der Waals surface area contributed by atoms with Crippen LogP contribution in [0, 0.1) is 12.7 Å². The standard InChI is InChI=1S/C13H18FNO2/c1-5-9-10(12(16)7-15-3)6-11(14)8(2)13(9)17-4/h6,15H,5,7H2,1-4H3. The van der Waals surface area contributed by atoms with Crippen LogP contribution in [0.5, 0.6) is 5.75 Å². The second-order valence-electron chi connectivity index (χ2n) is 3.85. The molecule has 0 unspecified atom stereocenters. The summed E-state index contributed by atoms with van der Waals surface area (Å²) in [4.78, 5) is 11.9. The van der Waals surface area contributed by atoms with E-state index in [0.717, 1.165) is 5.56 Å². The number of nitrogens with one attached hydrogen (secondary N) is 1. The van der Waals surface area contributed by atoms with E-state index in [1.807, 2.05) is 6.92 Å². The van der Waals surface area contributed by atoms with Crippen molar-refractivity contribution in [2.45, 2.75) is 20.3 Å². The number of ketones is 1. The molecule has 94 valence electrons. The van der Waals surface area contributed by atoms with Crippen molar-refractivity contribution in [2.24, 2.45) is 0 Å². The number of carbonyl (C=O) groups is 1. The second-order valence-corrected chi connectivity index (χ2v) is 3.85.